The van der Waals surface area contributed by atoms with Crippen LogP contribution in [0.1, 0.15) is 18.4 Å². The van der Waals surface area contributed by atoms with Crippen molar-refractivity contribution in [3.8, 4) is 0 Å². The molecule has 3 aliphatic rings. The van der Waals surface area contributed by atoms with E-state index in [1.165, 1.54) is 25.0 Å². The second-order valence-corrected chi connectivity index (χ2v) is 7.53. The van der Waals surface area contributed by atoms with E-state index in [9.17, 15) is 22.4 Å². The van der Waals surface area contributed by atoms with Crippen molar-refractivity contribution in [2.45, 2.75) is 37.7 Å². The molecule has 1 aliphatic carbocycles. The van der Waals surface area contributed by atoms with Crippen molar-refractivity contribution < 1.29 is 37.0 Å². The number of carbonyl (C=O) groups is 2. The Morgan fingerprint density at radius 3 is 2.52 bits per heavy atom. The van der Waals surface area contributed by atoms with Gasteiger partial charge >= 0.3 is 12.1 Å². The Bertz CT molecular complexity index is 754. The van der Waals surface area contributed by atoms with E-state index >= 15 is 0 Å². The zero-order valence-corrected chi connectivity index (χ0v) is 15.6. The summed E-state index contributed by atoms with van der Waals surface area (Å²) in [5.41, 5.74) is 0.842. The molecule has 0 spiro atoms. The molecule has 2 saturated heterocycles. The maximum Gasteiger partial charge on any atom is 0.490 e. The van der Waals surface area contributed by atoms with Crippen molar-refractivity contribution in [2.24, 2.45) is 5.92 Å². The maximum atomic E-state index is 13.4. The van der Waals surface area contributed by atoms with Gasteiger partial charge in [-0.15, -0.1) is 0 Å². The van der Waals surface area contributed by atoms with Crippen LogP contribution in [0.5, 0.6) is 0 Å². The molecule has 3 fully saturated rings. The molecule has 6 nitrogen and oxygen atoms in total. The first-order valence-corrected chi connectivity index (χ1v) is 9.31. The van der Waals surface area contributed by atoms with Crippen LogP contribution in [0.4, 0.5) is 17.6 Å². The molecular formula is C19H22F4N2O4. The number of carboxylic acids is 1. The zero-order valence-electron chi connectivity index (χ0n) is 15.6. The Morgan fingerprint density at radius 2 is 1.93 bits per heavy atom. The van der Waals surface area contributed by atoms with E-state index in [1.807, 2.05) is 11.0 Å². The lowest BCUT2D eigenvalue weighted by Gasteiger charge is -2.36. The predicted molar refractivity (Wildman–Crippen MR) is 93.3 cm³/mol. The lowest BCUT2D eigenvalue weighted by molar-refractivity contribution is -0.192. The molecule has 160 valence electrons. The molecule has 2 aliphatic heterocycles. The molecule has 0 bridgehead atoms. The number of rotatable bonds is 4. The largest absolute Gasteiger partial charge is 0.490 e. The van der Waals surface area contributed by atoms with Crippen molar-refractivity contribution in [3.63, 3.8) is 0 Å². The molecule has 1 N–H and O–H groups in total. The van der Waals surface area contributed by atoms with Crippen molar-refractivity contribution in [1.82, 2.24) is 9.80 Å². The molecule has 0 radical (unpaired) electrons. The smallest absolute Gasteiger partial charge is 0.475 e. The number of halogens is 4. The quantitative estimate of drug-likeness (QED) is 0.760. The highest BCUT2D eigenvalue weighted by Crippen LogP contribution is 2.33. The van der Waals surface area contributed by atoms with Crippen molar-refractivity contribution in [1.29, 1.82) is 0 Å². The van der Waals surface area contributed by atoms with Crippen LogP contribution in [-0.2, 0) is 20.9 Å². The van der Waals surface area contributed by atoms with Gasteiger partial charge in [-0.1, -0.05) is 12.1 Å². The summed E-state index contributed by atoms with van der Waals surface area (Å²) in [6.45, 7) is 3.53. The van der Waals surface area contributed by atoms with E-state index in [4.69, 9.17) is 14.6 Å². The lowest BCUT2D eigenvalue weighted by Crippen LogP contribution is -2.53. The van der Waals surface area contributed by atoms with Crippen LogP contribution < -0.4 is 0 Å². The van der Waals surface area contributed by atoms with Crippen LogP contribution in [0.3, 0.4) is 0 Å². The van der Waals surface area contributed by atoms with Crippen molar-refractivity contribution in [2.75, 3.05) is 26.2 Å². The third-order valence-corrected chi connectivity index (χ3v) is 5.15. The molecular weight excluding hydrogens is 396 g/mol. The minimum atomic E-state index is -5.08. The number of hydrogen-bond acceptors (Lipinski definition) is 4. The Labute approximate surface area is 165 Å². The second-order valence-electron chi connectivity index (χ2n) is 7.53. The van der Waals surface area contributed by atoms with Gasteiger partial charge in [-0.3, -0.25) is 9.69 Å². The van der Waals surface area contributed by atoms with Gasteiger partial charge in [0, 0.05) is 26.2 Å². The lowest BCUT2D eigenvalue weighted by atomic mass is 10.1. The molecule has 1 aromatic rings. The van der Waals surface area contributed by atoms with Gasteiger partial charge in [0.1, 0.15) is 12.4 Å². The van der Waals surface area contributed by atoms with Gasteiger partial charge in [0.2, 0.25) is 5.91 Å². The average Bonchev–Trinajstić information content (AvgIpc) is 3.34. The number of carboxylic acid groups (broad SMARTS) is 1. The maximum absolute atomic E-state index is 13.4. The van der Waals surface area contributed by atoms with E-state index in [2.05, 4.69) is 4.90 Å². The number of likely N-dealkylation sites (tertiary alicyclic amines) is 1. The van der Waals surface area contributed by atoms with Crippen molar-refractivity contribution in [3.05, 3.63) is 35.6 Å². The summed E-state index contributed by atoms with van der Waals surface area (Å²) in [6.07, 6.45) is -2.32. The number of nitrogens with zero attached hydrogens (tertiary/aromatic N) is 2. The summed E-state index contributed by atoms with van der Waals surface area (Å²) >= 11 is 0. The first-order chi connectivity index (χ1) is 13.6. The van der Waals surface area contributed by atoms with E-state index < -0.39 is 12.1 Å². The van der Waals surface area contributed by atoms with Crippen molar-refractivity contribution >= 4 is 11.9 Å². The van der Waals surface area contributed by atoms with Crippen LogP contribution in [0.25, 0.3) is 0 Å². The molecule has 2 heterocycles. The number of benzene rings is 1. The number of amides is 1. The standard InChI is InChI=1S/C17H21FN2O2.C2HF3O2/c18-14-3-1-2-13(6-14)8-20-15-9-19(7-12-4-5-12)10-16(15)22-11-17(20)21;3-2(4,5)1(6)7/h1-3,6,12,15-16H,4-5,7-11H2;(H,6,7)/t15-,16-;/m1./s1. The minimum absolute atomic E-state index is 0.0128. The zero-order chi connectivity index (χ0) is 21.2. The monoisotopic (exact) mass is 418 g/mol. The number of fused-ring (bicyclic) bond motifs is 1. The number of ether oxygens (including phenoxy) is 1. The fourth-order valence-electron chi connectivity index (χ4n) is 3.59. The van der Waals surface area contributed by atoms with E-state index in [0.29, 0.717) is 6.54 Å². The fraction of sp³-hybridized carbons (Fsp3) is 0.579. The highest BCUT2D eigenvalue weighted by Gasteiger charge is 2.44. The second kappa shape index (κ2) is 8.66. The summed E-state index contributed by atoms with van der Waals surface area (Å²) in [6, 6.07) is 6.61. The molecule has 1 saturated carbocycles. The molecule has 4 rings (SSSR count). The van der Waals surface area contributed by atoms with Crippen LogP contribution >= 0.6 is 0 Å². The minimum Gasteiger partial charge on any atom is -0.475 e. The number of carbonyl (C=O) groups excluding carboxylic acids is 1. The molecule has 29 heavy (non-hydrogen) atoms. The van der Waals surface area contributed by atoms with Gasteiger partial charge in [-0.05, 0) is 36.5 Å². The fourth-order valence-corrected chi connectivity index (χ4v) is 3.59. The molecule has 1 amide bonds. The summed E-state index contributed by atoms with van der Waals surface area (Å²) in [5.74, 6) is -2.16. The normalized spacial score (nSPS) is 24.7. The van der Waals surface area contributed by atoms with Crippen LogP contribution in [0.2, 0.25) is 0 Å². The average molecular weight is 418 g/mol. The summed E-state index contributed by atoms with van der Waals surface area (Å²) in [5, 5.41) is 7.12. The van der Waals surface area contributed by atoms with Gasteiger partial charge in [0.15, 0.2) is 0 Å². The Hall–Kier alpha value is -2.20. The van der Waals surface area contributed by atoms with Crippen LogP contribution in [-0.4, -0.2) is 71.3 Å². The topological polar surface area (TPSA) is 70.1 Å². The first-order valence-electron chi connectivity index (χ1n) is 9.31. The predicted octanol–water partition coefficient (Wildman–Crippen LogP) is 2.28. The van der Waals surface area contributed by atoms with Gasteiger partial charge in [-0.2, -0.15) is 13.2 Å². The highest BCUT2D eigenvalue weighted by molar-refractivity contribution is 5.78. The number of aliphatic carboxylic acids is 1. The Morgan fingerprint density at radius 1 is 1.24 bits per heavy atom. The Kier molecular flexibility index (Phi) is 6.42. The third kappa shape index (κ3) is 5.89. The summed E-state index contributed by atoms with van der Waals surface area (Å²) < 4.78 is 50.8. The third-order valence-electron chi connectivity index (χ3n) is 5.15. The SMILES string of the molecule is O=C(O)C(F)(F)F.O=C1CO[C@@H]2CN(CC3CC3)C[C@H]2N1Cc1cccc(F)c1. The van der Waals surface area contributed by atoms with E-state index in [1.54, 1.807) is 6.07 Å². The van der Waals surface area contributed by atoms with Gasteiger partial charge < -0.3 is 14.7 Å². The van der Waals surface area contributed by atoms with Crippen LogP contribution in [0.15, 0.2) is 24.3 Å². The van der Waals surface area contributed by atoms with Gasteiger partial charge in [0.25, 0.3) is 0 Å². The molecule has 0 aromatic heterocycles. The Balaban J connectivity index is 0.000000298. The molecule has 1 aromatic carbocycles. The molecule has 10 heteroatoms. The van der Waals surface area contributed by atoms with Crippen LogP contribution in [0, 0.1) is 11.7 Å². The number of morpholine rings is 1. The molecule has 0 unspecified atom stereocenters. The van der Waals surface area contributed by atoms with E-state index in [-0.39, 0.29) is 30.5 Å². The van der Waals surface area contributed by atoms with Gasteiger partial charge in [0.05, 0.1) is 12.1 Å². The highest BCUT2D eigenvalue weighted by atomic mass is 19.4. The molecule has 2 atom stereocenters. The summed E-state index contributed by atoms with van der Waals surface area (Å²) in [7, 11) is 0. The first kappa shape index (κ1) is 21.5. The number of alkyl halides is 3. The van der Waals surface area contributed by atoms with E-state index in [0.717, 1.165) is 31.1 Å². The number of hydrogen-bond donors (Lipinski definition) is 1. The summed E-state index contributed by atoms with van der Waals surface area (Å²) in [4.78, 5) is 25.5. The van der Waals surface area contributed by atoms with Gasteiger partial charge in [-0.25, -0.2) is 9.18 Å².